The SMILES string of the molecule is CC1CC(N)CCC1C(=O)N1CCOCC1(C)C. The van der Waals surface area contributed by atoms with Gasteiger partial charge in [0.25, 0.3) is 0 Å². The number of carbonyl (C=O) groups excluding carboxylic acids is 1. The second-order valence-electron chi connectivity index (χ2n) is 6.51. The van der Waals surface area contributed by atoms with Gasteiger partial charge < -0.3 is 15.4 Å². The summed E-state index contributed by atoms with van der Waals surface area (Å²) < 4.78 is 5.48. The van der Waals surface area contributed by atoms with Gasteiger partial charge in [-0.1, -0.05) is 6.92 Å². The molecule has 1 saturated carbocycles. The van der Waals surface area contributed by atoms with Crippen LogP contribution in [0.4, 0.5) is 0 Å². The fraction of sp³-hybridized carbons (Fsp3) is 0.929. The third-order valence-corrected chi connectivity index (χ3v) is 4.44. The molecule has 2 aliphatic rings. The Morgan fingerprint density at radius 1 is 1.39 bits per heavy atom. The van der Waals surface area contributed by atoms with E-state index in [1.54, 1.807) is 0 Å². The molecule has 4 heteroatoms. The molecule has 3 unspecified atom stereocenters. The van der Waals surface area contributed by atoms with E-state index in [2.05, 4.69) is 20.8 Å². The highest BCUT2D eigenvalue weighted by Gasteiger charge is 2.40. The monoisotopic (exact) mass is 254 g/mol. The molecule has 104 valence electrons. The van der Waals surface area contributed by atoms with Crippen molar-refractivity contribution < 1.29 is 9.53 Å². The van der Waals surface area contributed by atoms with Crippen molar-refractivity contribution in [2.75, 3.05) is 19.8 Å². The van der Waals surface area contributed by atoms with Crippen LogP contribution >= 0.6 is 0 Å². The molecule has 1 aliphatic heterocycles. The lowest BCUT2D eigenvalue weighted by Crippen LogP contribution is -2.58. The predicted molar refractivity (Wildman–Crippen MR) is 71.1 cm³/mol. The highest BCUT2D eigenvalue weighted by Crippen LogP contribution is 2.33. The van der Waals surface area contributed by atoms with Crippen LogP contribution in [0.2, 0.25) is 0 Å². The van der Waals surface area contributed by atoms with Gasteiger partial charge >= 0.3 is 0 Å². The molecule has 0 bridgehead atoms. The van der Waals surface area contributed by atoms with Crippen LogP contribution in [-0.2, 0) is 9.53 Å². The van der Waals surface area contributed by atoms with Crippen LogP contribution in [0.15, 0.2) is 0 Å². The van der Waals surface area contributed by atoms with E-state index in [0.717, 1.165) is 25.8 Å². The summed E-state index contributed by atoms with van der Waals surface area (Å²) in [4.78, 5) is 14.7. The van der Waals surface area contributed by atoms with E-state index >= 15 is 0 Å². The summed E-state index contributed by atoms with van der Waals surface area (Å²) >= 11 is 0. The van der Waals surface area contributed by atoms with E-state index in [1.165, 1.54) is 0 Å². The van der Waals surface area contributed by atoms with Gasteiger partial charge in [-0.3, -0.25) is 4.79 Å². The summed E-state index contributed by atoms with van der Waals surface area (Å²) in [5.74, 6) is 0.866. The van der Waals surface area contributed by atoms with Gasteiger partial charge in [-0.05, 0) is 39.0 Å². The summed E-state index contributed by atoms with van der Waals surface area (Å²) in [6, 6.07) is 0.279. The molecule has 0 aromatic rings. The van der Waals surface area contributed by atoms with Crippen LogP contribution in [-0.4, -0.2) is 42.1 Å². The number of nitrogens with two attached hydrogens (primary N) is 1. The summed E-state index contributed by atoms with van der Waals surface area (Å²) in [6.07, 6.45) is 2.89. The molecule has 1 aliphatic carbocycles. The van der Waals surface area contributed by atoms with Gasteiger partial charge in [0.2, 0.25) is 5.91 Å². The van der Waals surface area contributed by atoms with E-state index in [0.29, 0.717) is 25.0 Å². The first-order chi connectivity index (χ1) is 8.42. The van der Waals surface area contributed by atoms with Crippen molar-refractivity contribution in [1.82, 2.24) is 4.90 Å². The van der Waals surface area contributed by atoms with Crippen molar-refractivity contribution in [3.8, 4) is 0 Å². The van der Waals surface area contributed by atoms with Gasteiger partial charge in [0.1, 0.15) is 0 Å². The number of hydrogen-bond acceptors (Lipinski definition) is 3. The van der Waals surface area contributed by atoms with Crippen molar-refractivity contribution >= 4 is 5.91 Å². The summed E-state index contributed by atoms with van der Waals surface area (Å²) in [6.45, 7) is 8.36. The Morgan fingerprint density at radius 2 is 2.11 bits per heavy atom. The van der Waals surface area contributed by atoms with Crippen LogP contribution in [0.3, 0.4) is 0 Å². The van der Waals surface area contributed by atoms with E-state index in [9.17, 15) is 4.79 Å². The molecular weight excluding hydrogens is 228 g/mol. The smallest absolute Gasteiger partial charge is 0.226 e. The van der Waals surface area contributed by atoms with E-state index < -0.39 is 0 Å². The molecule has 2 rings (SSSR count). The number of rotatable bonds is 1. The second-order valence-corrected chi connectivity index (χ2v) is 6.51. The fourth-order valence-electron chi connectivity index (χ4n) is 3.27. The van der Waals surface area contributed by atoms with E-state index in [1.807, 2.05) is 4.90 Å². The highest BCUT2D eigenvalue weighted by atomic mass is 16.5. The summed E-state index contributed by atoms with van der Waals surface area (Å²) in [5.41, 5.74) is 5.80. The lowest BCUT2D eigenvalue weighted by molar-refractivity contribution is -0.153. The maximum absolute atomic E-state index is 12.7. The maximum atomic E-state index is 12.7. The van der Waals surface area contributed by atoms with Crippen molar-refractivity contribution in [2.24, 2.45) is 17.6 Å². The first kappa shape index (κ1) is 13.8. The van der Waals surface area contributed by atoms with Crippen molar-refractivity contribution in [3.05, 3.63) is 0 Å². The quantitative estimate of drug-likeness (QED) is 0.769. The topological polar surface area (TPSA) is 55.6 Å². The van der Waals surface area contributed by atoms with E-state index in [4.69, 9.17) is 10.5 Å². The minimum atomic E-state index is -0.172. The average molecular weight is 254 g/mol. The van der Waals surface area contributed by atoms with Crippen LogP contribution in [0.1, 0.15) is 40.0 Å². The Balaban J connectivity index is 2.06. The zero-order valence-electron chi connectivity index (χ0n) is 11.8. The molecule has 0 aromatic carbocycles. The van der Waals surface area contributed by atoms with Crippen molar-refractivity contribution in [2.45, 2.75) is 51.6 Å². The molecule has 3 atom stereocenters. The van der Waals surface area contributed by atoms with E-state index in [-0.39, 0.29) is 17.5 Å². The Hall–Kier alpha value is -0.610. The summed E-state index contributed by atoms with van der Waals surface area (Å²) in [7, 11) is 0. The normalized spacial score (nSPS) is 36.4. The molecule has 0 spiro atoms. The lowest BCUT2D eigenvalue weighted by atomic mass is 9.77. The van der Waals surface area contributed by atoms with Crippen molar-refractivity contribution in [3.63, 3.8) is 0 Å². The molecule has 1 saturated heterocycles. The van der Waals surface area contributed by atoms with Crippen LogP contribution in [0, 0.1) is 11.8 Å². The van der Waals surface area contributed by atoms with Gasteiger partial charge in [-0.25, -0.2) is 0 Å². The number of carbonyl (C=O) groups is 1. The first-order valence-electron chi connectivity index (χ1n) is 7.06. The minimum Gasteiger partial charge on any atom is -0.377 e. The van der Waals surface area contributed by atoms with Gasteiger partial charge in [0.15, 0.2) is 0 Å². The summed E-state index contributed by atoms with van der Waals surface area (Å²) in [5, 5.41) is 0. The van der Waals surface area contributed by atoms with Gasteiger partial charge in [-0.15, -0.1) is 0 Å². The first-order valence-corrected chi connectivity index (χ1v) is 7.06. The maximum Gasteiger partial charge on any atom is 0.226 e. The van der Waals surface area contributed by atoms with Crippen LogP contribution in [0.25, 0.3) is 0 Å². The largest absolute Gasteiger partial charge is 0.377 e. The third kappa shape index (κ3) is 2.69. The van der Waals surface area contributed by atoms with Gasteiger partial charge in [-0.2, -0.15) is 0 Å². The fourth-order valence-corrected chi connectivity index (χ4v) is 3.27. The molecule has 2 fully saturated rings. The molecule has 0 radical (unpaired) electrons. The molecule has 1 heterocycles. The highest BCUT2D eigenvalue weighted by molar-refractivity contribution is 5.80. The molecule has 4 nitrogen and oxygen atoms in total. The molecule has 2 N–H and O–H groups in total. The zero-order valence-corrected chi connectivity index (χ0v) is 11.8. The van der Waals surface area contributed by atoms with Crippen LogP contribution in [0.5, 0.6) is 0 Å². The minimum absolute atomic E-state index is 0.155. The number of nitrogens with zero attached hydrogens (tertiary/aromatic N) is 1. The Kier molecular flexibility index (Phi) is 3.97. The van der Waals surface area contributed by atoms with Crippen molar-refractivity contribution in [1.29, 1.82) is 0 Å². The molecular formula is C14H26N2O2. The zero-order chi connectivity index (χ0) is 13.3. The third-order valence-electron chi connectivity index (χ3n) is 4.44. The molecule has 1 amide bonds. The lowest BCUT2D eigenvalue weighted by Gasteiger charge is -2.45. The number of amides is 1. The Morgan fingerprint density at radius 3 is 2.72 bits per heavy atom. The molecule has 18 heavy (non-hydrogen) atoms. The average Bonchev–Trinajstić information content (AvgIpc) is 2.27. The van der Waals surface area contributed by atoms with Crippen LogP contribution < -0.4 is 5.73 Å². The predicted octanol–water partition coefficient (Wildman–Crippen LogP) is 1.39. The number of hydrogen-bond donors (Lipinski definition) is 1. The molecule has 0 aromatic heterocycles. The Bertz CT molecular complexity index is 317. The van der Waals surface area contributed by atoms with Gasteiger partial charge in [0.05, 0.1) is 18.8 Å². The second kappa shape index (κ2) is 5.17. The number of ether oxygens (including phenoxy) is 1. The standard InChI is InChI=1S/C14H26N2O2/c1-10-8-11(15)4-5-12(10)13(17)16-6-7-18-9-14(16,2)3/h10-12H,4-9,15H2,1-3H3. The Labute approximate surface area is 110 Å². The van der Waals surface area contributed by atoms with Gasteiger partial charge in [0, 0.05) is 18.5 Å². The number of morpholine rings is 1.